The van der Waals surface area contributed by atoms with Crippen LogP contribution in [0.5, 0.6) is 0 Å². The average Bonchev–Trinajstić information content (AvgIpc) is 2.47. The summed E-state index contributed by atoms with van der Waals surface area (Å²) in [6, 6.07) is 6.29. The summed E-state index contributed by atoms with van der Waals surface area (Å²) in [6.45, 7) is 2.23. The smallest absolute Gasteiger partial charge is 0.0889 e. The van der Waals surface area contributed by atoms with Crippen LogP contribution in [0.25, 0.3) is 11.0 Å². The van der Waals surface area contributed by atoms with E-state index in [-0.39, 0.29) is 5.41 Å². The van der Waals surface area contributed by atoms with Gasteiger partial charge in [0.25, 0.3) is 0 Å². The van der Waals surface area contributed by atoms with Crippen molar-refractivity contribution in [3.8, 4) is 0 Å². The molecule has 2 heterocycles. The highest BCUT2D eigenvalue weighted by molar-refractivity contribution is 5.74. The number of aromatic nitrogens is 2. The first-order valence-electron chi connectivity index (χ1n) is 6.33. The van der Waals surface area contributed by atoms with Crippen LogP contribution in [0.4, 0.5) is 0 Å². The summed E-state index contributed by atoms with van der Waals surface area (Å²) < 4.78 is 5.45. The quantitative estimate of drug-likeness (QED) is 0.871. The number of hydrogen-bond donors (Lipinski definition) is 1. The van der Waals surface area contributed by atoms with Crippen molar-refractivity contribution in [1.29, 1.82) is 0 Å². The van der Waals surface area contributed by atoms with Gasteiger partial charge in [0.1, 0.15) is 0 Å². The van der Waals surface area contributed by atoms with Gasteiger partial charge >= 0.3 is 0 Å². The maximum atomic E-state index is 6.02. The Morgan fingerprint density at radius 1 is 1.11 bits per heavy atom. The van der Waals surface area contributed by atoms with Crippen molar-refractivity contribution in [3.63, 3.8) is 0 Å². The van der Waals surface area contributed by atoms with Gasteiger partial charge in [-0.3, -0.25) is 9.97 Å². The van der Waals surface area contributed by atoms with Crippen molar-refractivity contribution < 1.29 is 4.74 Å². The zero-order chi connectivity index (χ0) is 12.4. The maximum Gasteiger partial charge on any atom is 0.0889 e. The molecule has 1 aliphatic heterocycles. The molecule has 1 fully saturated rings. The zero-order valence-electron chi connectivity index (χ0n) is 10.3. The first kappa shape index (κ1) is 11.6. The van der Waals surface area contributed by atoms with E-state index in [4.69, 9.17) is 10.5 Å². The van der Waals surface area contributed by atoms with Crippen LogP contribution in [-0.2, 0) is 10.2 Å². The molecule has 0 atom stereocenters. The molecule has 0 unspecified atom stereocenters. The fraction of sp³-hybridized carbons (Fsp3) is 0.429. The van der Waals surface area contributed by atoms with Gasteiger partial charge in [-0.05, 0) is 30.5 Å². The Kier molecular flexibility index (Phi) is 2.97. The predicted octanol–water partition coefficient (Wildman–Crippen LogP) is 1.64. The lowest BCUT2D eigenvalue weighted by Gasteiger charge is -2.36. The Labute approximate surface area is 106 Å². The number of fused-ring (bicyclic) bond motifs is 1. The first-order chi connectivity index (χ1) is 8.84. The van der Waals surface area contributed by atoms with Gasteiger partial charge in [-0.25, -0.2) is 0 Å². The van der Waals surface area contributed by atoms with E-state index in [1.807, 2.05) is 6.07 Å². The molecule has 0 bridgehead atoms. The molecule has 4 nitrogen and oxygen atoms in total. The highest BCUT2D eigenvalue weighted by Crippen LogP contribution is 2.34. The van der Waals surface area contributed by atoms with Crippen LogP contribution in [-0.4, -0.2) is 29.7 Å². The first-order valence-corrected chi connectivity index (χ1v) is 6.33. The van der Waals surface area contributed by atoms with Crippen LogP contribution in [0.3, 0.4) is 0 Å². The molecule has 1 aromatic heterocycles. The second-order valence-electron chi connectivity index (χ2n) is 4.86. The number of ether oxygens (including phenoxy) is 1. The summed E-state index contributed by atoms with van der Waals surface area (Å²) in [5, 5.41) is 0. The number of nitrogens with two attached hydrogens (primary N) is 1. The summed E-state index contributed by atoms with van der Waals surface area (Å²) in [4.78, 5) is 8.67. The number of benzene rings is 1. The molecule has 18 heavy (non-hydrogen) atoms. The number of hydrogen-bond acceptors (Lipinski definition) is 4. The summed E-state index contributed by atoms with van der Waals surface area (Å²) in [5.74, 6) is 0. The van der Waals surface area contributed by atoms with Crippen LogP contribution >= 0.6 is 0 Å². The maximum absolute atomic E-state index is 6.02. The highest BCUT2D eigenvalue weighted by atomic mass is 16.5. The molecule has 4 heteroatoms. The third kappa shape index (κ3) is 1.87. The SMILES string of the molecule is NCC1(c2ccc3nccnc3c2)CCOCC1. The molecule has 0 aliphatic carbocycles. The molecule has 1 aliphatic rings. The third-order valence-corrected chi connectivity index (χ3v) is 3.92. The van der Waals surface area contributed by atoms with Crippen LogP contribution < -0.4 is 5.73 Å². The van der Waals surface area contributed by atoms with Gasteiger partial charge in [-0.2, -0.15) is 0 Å². The lowest BCUT2D eigenvalue weighted by molar-refractivity contribution is 0.0530. The molecule has 94 valence electrons. The third-order valence-electron chi connectivity index (χ3n) is 3.92. The minimum absolute atomic E-state index is 0.0456. The van der Waals surface area contributed by atoms with Crippen molar-refractivity contribution >= 4 is 11.0 Å². The van der Waals surface area contributed by atoms with Gasteiger partial charge in [-0.1, -0.05) is 6.07 Å². The molecule has 2 N–H and O–H groups in total. The molecule has 0 radical (unpaired) electrons. The van der Waals surface area contributed by atoms with E-state index in [9.17, 15) is 0 Å². The monoisotopic (exact) mass is 243 g/mol. The van der Waals surface area contributed by atoms with Crippen LogP contribution in [0.2, 0.25) is 0 Å². The molecule has 0 saturated carbocycles. The van der Waals surface area contributed by atoms with Crippen molar-refractivity contribution in [1.82, 2.24) is 9.97 Å². The van der Waals surface area contributed by atoms with E-state index in [1.54, 1.807) is 12.4 Å². The minimum Gasteiger partial charge on any atom is -0.381 e. The van der Waals surface area contributed by atoms with Crippen molar-refractivity contribution in [2.75, 3.05) is 19.8 Å². The molecule has 0 amide bonds. The molecule has 3 rings (SSSR count). The Hall–Kier alpha value is -1.52. The fourth-order valence-electron chi connectivity index (χ4n) is 2.67. The number of nitrogens with zero attached hydrogens (tertiary/aromatic N) is 2. The van der Waals surface area contributed by atoms with E-state index in [0.29, 0.717) is 6.54 Å². The van der Waals surface area contributed by atoms with Crippen LogP contribution in [0.15, 0.2) is 30.6 Å². The van der Waals surface area contributed by atoms with Gasteiger partial charge in [0.05, 0.1) is 11.0 Å². The Morgan fingerprint density at radius 3 is 2.56 bits per heavy atom. The summed E-state index contributed by atoms with van der Waals surface area (Å²) >= 11 is 0. The minimum atomic E-state index is 0.0456. The second kappa shape index (κ2) is 4.63. The molecule has 2 aromatic rings. The molecule has 1 saturated heterocycles. The predicted molar refractivity (Wildman–Crippen MR) is 70.3 cm³/mol. The summed E-state index contributed by atoms with van der Waals surface area (Å²) in [6.07, 6.45) is 5.41. The normalized spacial score (nSPS) is 18.9. The lowest BCUT2D eigenvalue weighted by atomic mass is 9.74. The number of rotatable bonds is 2. The van der Waals surface area contributed by atoms with Gasteiger partial charge in [0, 0.05) is 37.6 Å². The molecule has 0 spiro atoms. The Morgan fingerprint density at radius 2 is 1.83 bits per heavy atom. The molecular formula is C14H17N3O. The molecular weight excluding hydrogens is 226 g/mol. The zero-order valence-corrected chi connectivity index (χ0v) is 10.3. The van der Waals surface area contributed by atoms with Gasteiger partial charge in [0.2, 0.25) is 0 Å². The van der Waals surface area contributed by atoms with Gasteiger partial charge in [0.15, 0.2) is 0 Å². The largest absolute Gasteiger partial charge is 0.381 e. The van der Waals surface area contributed by atoms with Gasteiger partial charge < -0.3 is 10.5 Å². The van der Waals surface area contributed by atoms with Crippen LogP contribution in [0.1, 0.15) is 18.4 Å². The summed E-state index contributed by atoms with van der Waals surface area (Å²) in [5.41, 5.74) is 9.20. The van der Waals surface area contributed by atoms with E-state index in [2.05, 4.69) is 22.1 Å². The molecule has 1 aromatic carbocycles. The van der Waals surface area contributed by atoms with E-state index in [1.165, 1.54) is 5.56 Å². The van der Waals surface area contributed by atoms with E-state index < -0.39 is 0 Å². The lowest BCUT2D eigenvalue weighted by Crippen LogP contribution is -2.40. The van der Waals surface area contributed by atoms with Crippen molar-refractivity contribution in [2.24, 2.45) is 5.73 Å². The fourth-order valence-corrected chi connectivity index (χ4v) is 2.67. The van der Waals surface area contributed by atoms with Crippen molar-refractivity contribution in [3.05, 3.63) is 36.2 Å². The van der Waals surface area contributed by atoms with E-state index >= 15 is 0 Å². The topological polar surface area (TPSA) is 61.0 Å². The standard InChI is InChI=1S/C14H17N3O/c15-10-14(3-7-18-8-4-14)11-1-2-12-13(9-11)17-6-5-16-12/h1-2,5-6,9H,3-4,7-8,10,15H2. The van der Waals surface area contributed by atoms with Crippen molar-refractivity contribution in [2.45, 2.75) is 18.3 Å². The summed E-state index contributed by atoms with van der Waals surface area (Å²) in [7, 11) is 0. The van der Waals surface area contributed by atoms with Crippen LogP contribution in [0, 0.1) is 0 Å². The Balaban J connectivity index is 2.06. The second-order valence-corrected chi connectivity index (χ2v) is 4.86. The average molecular weight is 243 g/mol. The Bertz CT molecular complexity index is 549. The highest BCUT2D eigenvalue weighted by Gasteiger charge is 2.33. The van der Waals surface area contributed by atoms with Gasteiger partial charge in [-0.15, -0.1) is 0 Å². The van der Waals surface area contributed by atoms with E-state index in [0.717, 1.165) is 37.1 Å².